The number of amides is 1. The first-order chi connectivity index (χ1) is 13.6. The van der Waals surface area contributed by atoms with Crippen LogP contribution in [0.2, 0.25) is 0 Å². The second-order valence-corrected chi connectivity index (χ2v) is 6.60. The molecule has 3 N–H and O–H groups in total. The van der Waals surface area contributed by atoms with Gasteiger partial charge in [0.25, 0.3) is 5.91 Å². The lowest BCUT2D eigenvalue weighted by Gasteiger charge is -2.31. The number of anilines is 2. The maximum atomic E-state index is 13.1. The lowest BCUT2D eigenvalue weighted by Crippen LogP contribution is -2.30. The molecule has 0 atom stereocenters. The number of fused-ring (bicyclic) bond motifs is 1. The van der Waals surface area contributed by atoms with Crippen LogP contribution in [-0.2, 0) is 19.5 Å². The number of nitrogens with zero attached hydrogens (tertiary/aromatic N) is 3. The third-order valence-corrected chi connectivity index (χ3v) is 4.72. The molecule has 152 valence electrons. The van der Waals surface area contributed by atoms with Gasteiger partial charge in [-0.25, -0.2) is 4.39 Å². The highest BCUT2D eigenvalue weighted by molar-refractivity contribution is 6.05. The summed E-state index contributed by atoms with van der Waals surface area (Å²) in [7, 11) is 0. The molecule has 3 aromatic rings. The van der Waals surface area contributed by atoms with Gasteiger partial charge in [0.1, 0.15) is 5.82 Å². The van der Waals surface area contributed by atoms with Crippen molar-refractivity contribution in [2.75, 3.05) is 16.8 Å². The standard InChI is InChI=1S/C20H20FN5O2.ClH/c21-14-8-6-13(7-9-14)20(27)23-16-4-1-5-17-15(16)3-2-10-26(17)12-18-24-19(11-22)28-25-18;/h1,4-9H,2-3,10-12,22H2,(H,23,27);1H. The van der Waals surface area contributed by atoms with Crippen LogP contribution in [0, 0.1) is 5.82 Å². The molecule has 7 nitrogen and oxygen atoms in total. The van der Waals surface area contributed by atoms with Crippen LogP contribution in [-0.4, -0.2) is 22.6 Å². The molecular formula is C20H21ClFN5O2. The van der Waals surface area contributed by atoms with Crippen LogP contribution in [0.25, 0.3) is 0 Å². The summed E-state index contributed by atoms with van der Waals surface area (Å²) >= 11 is 0. The van der Waals surface area contributed by atoms with Gasteiger partial charge >= 0.3 is 0 Å². The first-order valence-electron chi connectivity index (χ1n) is 9.09. The first-order valence-corrected chi connectivity index (χ1v) is 9.09. The minimum atomic E-state index is -0.372. The maximum absolute atomic E-state index is 13.1. The van der Waals surface area contributed by atoms with Crippen LogP contribution in [0.15, 0.2) is 47.0 Å². The van der Waals surface area contributed by atoms with Gasteiger partial charge in [-0.15, -0.1) is 12.4 Å². The Morgan fingerprint density at radius 1 is 1.24 bits per heavy atom. The molecule has 9 heteroatoms. The molecule has 2 aromatic carbocycles. The average molecular weight is 418 g/mol. The van der Waals surface area contributed by atoms with Crippen LogP contribution < -0.4 is 16.0 Å². The summed E-state index contributed by atoms with van der Waals surface area (Å²) < 4.78 is 18.2. The normalized spacial score (nSPS) is 12.8. The number of hydrogen-bond acceptors (Lipinski definition) is 6. The van der Waals surface area contributed by atoms with Gasteiger partial charge in [-0.1, -0.05) is 11.2 Å². The van der Waals surface area contributed by atoms with Crippen molar-refractivity contribution in [3.8, 4) is 0 Å². The molecule has 0 saturated heterocycles. The lowest BCUT2D eigenvalue weighted by atomic mass is 9.99. The van der Waals surface area contributed by atoms with Crippen molar-refractivity contribution in [1.82, 2.24) is 10.1 Å². The van der Waals surface area contributed by atoms with E-state index >= 15 is 0 Å². The van der Waals surface area contributed by atoms with E-state index in [-0.39, 0.29) is 30.7 Å². The Morgan fingerprint density at radius 2 is 2.03 bits per heavy atom. The molecule has 1 aliphatic rings. The molecule has 0 fully saturated rings. The predicted octanol–water partition coefficient (Wildman–Crippen LogP) is 3.29. The van der Waals surface area contributed by atoms with E-state index in [4.69, 9.17) is 10.3 Å². The SMILES string of the molecule is Cl.NCc1nc(CN2CCCc3c(NC(=O)c4ccc(F)cc4)cccc32)no1. The van der Waals surface area contributed by atoms with E-state index in [1.54, 1.807) is 0 Å². The molecule has 1 amide bonds. The Bertz CT molecular complexity index is 993. The van der Waals surface area contributed by atoms with Crippen LogP contribution in [0.1, 0.15) is 34.1 Å². The van der Waals surface area contributed by atoms with Gasteiger partial charge in [-0.05, 0) is 54.8 Å². The number of rotatable bonds is 5. The van der Waals surface area contributed by atoms with Crippen molar-refractivity contribution in [3.63, 3.8) is 0 Å². The Balaban J connectivity index is 0.00000240. The summed E-state index contributed by atoms with van der Waals surface area (Å²) in [5.74, 6) is 0.349. The van der Waals surface area contributed by atoms with Crippen LogP contribution in [0.3, 0.4) is 0 Å². The maximum Gasteiger partial charge on any atom is 0.255 e. The summed E-state index contributed by atoms with van der Waals surface area (Å²) in [4.78, 5) is 19.0. The fourth-order valence-electron chi connectivity index (χ4n) is 3.39. The lowest BCUT2D eigenvalue weighted by molar-refractivity contribution is 0.102. The molecule has 0 saturated carbocycles. The summed E-state index contributed by atoms with van der Waals surface area (Å²) in [6.45, 7) is 1.57. The second kappa shape index (κ2) is 9.02. The molecule has 1 aromatic heterocycles. The predicted molar refractivity (Wildman–Crippen MR) is 110 cm³/mol. The number of nitrogens with one attached hydrogen (secondary N) is 1. The highest BCUT2D eigenvalue weighted by Crippen LogP contribution is 2.33. The van der Waals surface area contributed by atoms with Crippen LogP contribution in [0.4, 0.5) is 15.8 Å². The zero-order valence-electron chi connectivity index (χ0n) is 15.6. The largest absolute Gasteiger partial charge is 0.364 e. The smallest absolute Gasteiger partial charge is 0.255 e. The van der Waals surface area contributed by atoms with Gasteiger partial charge in [-0.3, -0.25) is 4.79 Å². The zero-order valence-corrected chi connectivity index (χ0v) is 16.4. The van der Waals surface area contributed by atoms with E-state index in [9.17, 15) is 9.18 Å². The van der Waals surface area contributed by atoms with E-state index in [0.29, 0.717) is 23.8 Å². The average Bonchev–Trinajstić information content (AvgIpc) is 3.17. The number of carbonyl (C=O) groups excluding carboxylic acids is 1. The molecule has 0 bridgehead atoms. The van der Waals surface area contributed by atoms with E-state index < -0.39 is 0 Å². The first kappa shape index (κ1) is 20.8. The molecular weight excluding hydrogens is 397 g/mol. The monoisotopic (exact) mass is 417 g/mol. The van der Waals surface area contributed by atoms with Crippen molar-refractivity contribution in [2.45, 2.75) is 25.9 Å². The molecule has 2 heterocycles. The number of benzene rings is 2. The van der Waals surface area contributed by atoms with Gasteiger partial charge in [0, 0.05) is 23.5 Å². The summed E-state index contributed by atoms with van der Waals surface area (Å²) in [5, 5.41) is 6.91. The Morgan fingerprint density at radius 3 is 2.76 bits per heavy atom. The quantitative estimate of drug-likeness (QED) is 0.661. The molecule has 1 aliphatic heterocycles. The van der Waals surface area contributed by atoms with Crippen molar-refractivity contribution < 1.29 is 13.7 Å². The molecule has 0 spiro atoms. The molecule has 4 rings (SSSR count). The molecule has 0 aliphatic carbocycles. The fourth-order valence-corrected chi connectivity index (χ4v) is 3.39. The zero-order chi connectivity index (χ0) is 19.5. The second-order valence-electron chi connectivity index (χ2n) is 6.60. The van der Waals surface area contributed by atoms with Gasteiger partial charge in [0.2, 0.25) is 5.89 Å². The minimum Gasteiger partial charge on any atom is -0.364 e. The van der Waals surface area contributed by atoms with Crippen LogP contribution >= 0.6 is 12.4 Å². The highest BCUT2D eigenvalue weighted by atomic mass is 35.5. The number of hydrogen-bond donors (Lipinski definition) is 2. The van der Waals surface area contributed by atoms with Crippen molar-refractivity contribution in [2.24, 2.45) is 5.73 Å². The molecule has 0 unspecified atom stereocenters. The van der Waals surface area contributed by atoms with Crippen molar-refractivity contribution >= 4 is 29.7 Å². The third kappa shape index (κ3) is 4.55. The molecule has 29 heavy (non-hydrogen) atoms. The minimum absolute atomic E-state index is 0. The highest BCUT2D eigenvalue weighted by Gasteiger charge is 2.22. The summed E-state index contributed by atoms with van der Waals surface area (Å²) in [5.41, 5.74) is 8.78. The fraction of sp³-hybridized carbons (Fsp3) is 0.250. The Kier molecular flexibility index (Phi) is 6.46. The van der Waals surface area contributed by atoms with E-state index in [1.807, 2.05) is 18.2 Å². The molecule has 0 radical (unpaired) electrons. The van der Waals surface area contributed by atoms with E-state index in [0.717, 1.165) is 36.3 Å². The topological polar surface area (TPSA) is 97.3 Å². The number of halogens is 2. The van der Waals surface area contributed by atoms with Crippen molar-refractivity contribution in [1.29, 1.82) is 0 Å². The summed E-state index contributed by atoms with van der Waals surface area (Å²) in [6.07, 6.45) is 1.80. The van der Waals surface area contributed by atoms with Gasteiger partial charge in [0.05, 0.1) is 13.1 Å². The van der Waals surface area contributed by atoms with E-state index in [2.05, 4.69) is 20.4 Å². The number of aromatic nitrogens is 2. The third-order valence-electron chi connectivity index (χ3n) is 4.72. The van der Waals surface area contributed by atoms with Gasteiger partial charge < -0.3 is 20.5 Å². The van der Waals surface area contributed by atoms with Gasteiger partial charge in [0.15, 0.2) is 5.82 Å². The number of carbonyl (C=O) groups is 1. The Hall–Kier alpha value is -2.97. The summed E-state index contributed by atoms with van der Waals surface area (Å²) in [6, 6.07) is 11.3. The van der Waals surface area contributed by atoms with E-state index in [1.165, 1.54) is 24.3 Å². The van der Waals surface area contributed by atoms with Crippen molar-refractivity contribution in [3.05, 3.63) is 71.1 Å². The van der Waals surface area contributed by atoms with Gasteiger partial charge in [-0.2, -0.15) is 4.98 Å². The number of nitrogens with two attached hydrogens (primary N) is 1. The Labute approximate surface area is 173 Å². The van der Waals surface area contributed by atoms with Crippen LogP contribution in [0.5, 0.6) is 0 Å².